The number of nitriles is 1. The molecule has 0 radical (unpaired) electrons. The number of halogens is 2. The Kier molecular flexibility index (Phi) is 3.67. The summed E-state index contributed by atoms with van der Waals surface area (Å²) in [5.74, 6) is 0.831. The highest BCUT2D eigenvalue weighted by Gasteiger charge is 2.15. The Balaban J connectivity index is 1.76. The molecule has 0 aromatic heterocycles. The van der Waals surface area contributed by atoms with E-state index in [1.54, 1.807) is 12.1 Å². The maximum absolute atomic E-state index is 14.0. The molecule has 0 N–H and O–H groups in total. The van der Waals surface area contributed by atoms with Crippen LogP contribution in [-0.4, -0.2) is 6.79 Å². The minimum Gasteiger partial charge on any atom is -0.486 e. The topological polar surface area (TPSA) is 51.5 Å². The van der Waals surface area contributed by atoms with Crippen LogP contribution in [-0.2, 0) is 6.61 Å². The molecule has 0 spiro atoms. The molecule has 2 aromatic rings. The lowest BCUT2D eigenvalue weighted by Gasteiger charge is -2.09. The summed E-state index contributed by atoms with van der Waals surface area (Å²) in [5.41, 5.74) is 1.06. The lowest BCUT2D eigenvalue weighted by Crippen LogP contribution is -1.99. The highest BCUT2D eigenvalue weighted by Crippen LogP contribution is 2.33. The Morgan fingerprint density at radius 2 is 2.05 bits per heavy atom. The van der Waals surface area contributed by atoms with Gasteiger partial charge in [-0.2, -0.15) is 5.26 Å². The van der Waals surface area contributed by atoms with E-state index in [2.05, 4.69) is 15.9 Å². The molecule has 3 rings (SSSR count). The van der Waals surface area contributed by atoms with Gasteiger partial charge >= 0.3 is 0 Å². The summed E-state index contributed by atoms with van der Waals surface area (Å²) < 4.78 is 30.0. The Hall–Kier alpha value is -2.26. The van der Waals surface area contributed by atoms with Crippen molar-refractivity contribution in [2.75, 3.05) is 6.79 Å². The van der Waals surface area contributed by atoms with Crippen LogP contribution in [0.15, 0.2) is 34.8 Å². The van der Waals surface area contributed by atoms with Crippen LogP contribution in [0.5, 0.6) is 17.2 Å². The number of nitrogens with zero attached hydrogens (tertiary/aromatic N) is 1. The Morgan fingerprint density at radius 3 is 2.86 bits per heavy atom. The monoisotopic (exact) mass is 349 g/mol. The zero-order valence-electron chi connectivity index (χ0n) is 10.7. The van der Waals surface area contributed by atoms with Gasteiger partial charge in [0.05, 0.1) is 10.0 Å². The highest BCUT2D eigenvalue weighted by atomic mass is 79.9. The van der Waals surface area contributed by atoms with E-state index in [9.17, 15) is 4.39 Å². The van der Waals surface area contributed by atoms with Gasteiger partial charge in [-0.15, -0.1) is 0 Å². The molecule has 0 unspecified atom stereocenters. The minimum atomic E-state index is -0.588. The number of fused-ring (bicyclic) bond motifs is 1. The smallest absolute Gasteiger partial charge is 0.231 e. The summed E-state index contributed by atoms with van der Waals surface area (Å²) in [5, 5.41) is 8.82. The first-order valence-corrected chi connectivity index (χ1v) is 6.88. The lowest BCUT2D eigenvalue weighted by molar-refractivity contribution is 0.174. The molecular formula is C15H9BrFNO3. The van der Waals surface area contributed by atoms with E-state index in [1.165, 1.54) is 12.1 Å². The Labute approximate surface area is 128 Å². The third kappa shape index (κ3) is 2.65. The summed E-state index contributed by atoms with van der Waals surface area (Å²) >= 11 is 3.04. The predicted molar refractivity (Wildman–Crippen MR) is 75.7 cm³/mol. The number of rotatable bonds is 3. The number of hydrogen-bond donors (Lipinski definition) is 0. The first kappa shape index (κ1) is 13.7. The lowest BCUT2D eigenvalue weighted by atomic mass is 10.2. The van der Waals surface area contributed by atoms with E-state index in [-0.39, 0.29) is 29.2 Å². The molecule has 1 aliphatic heterocycles. The fraction of sp³-hybridized carbons (Fsp3) is 0.133. The van der Waals surface area contributed by atoms with Crippen LogP contribution in [0.2, 0.25) is 0 Å². The van der Waals surface area contributed by atoms with Crippen molar-refractivity contribution in [2.24, 2.45) is 0 Å². The summed E-state index contributed by atoms with van der Waals surface area (Å²) in [7, 11) is 0. The first-order chi connectivity index (χ1) is 10.2. The van der Waals surface area contributed by atoms with Gasteiger partial charge in [-0.3, -0.25) is 0 Å². The molecule has 0 saturated heterocycles. The van der Waals surface area contributed by atoms with E-state index >= 15 is 0 Å². The first-order valence-electron chi connectivity index (χ1n) is 6.08. The van der Waals surface area contributed by atoms with Gasteiger partial charge in [-0.05, 0) is 45.8 Å². The van der Waals surface area contributed by atoms with E-state index < -0.39 is 5.82 Å². The molecule has 4 nitrogen and oxygen atoms in total. The van der Waals surface area contributed by atoms with Crippen molar-refractivity contribution < 1.29 is 18.6 Å². The van der Waals surface area contributed by atoms with E-state index in [0.29, 0.717) is 11.5 Å². The second kappa shape index (κ2) is 5.62. The average molecular weight is 350 g/mol. The summed E-state index contributed by atoms with van der Waals surface area (Å²) in [6.45, 7) is 0.392. The van der Waals surface area contributed by atoms with Crippen LogP contribution in [0.25, 0.3) is 0 Å². The standard InChI is InChI=1S/C15H9BrFNO3/c16-14-10(6-18)2-4-12(15(14)17)19-7-9-1-3-11-13(5-9)21-8-20-11/h1-5H,7-8H2. The van der Waals surface area contributed by atoms with Gasteiger partial charge in [-0.1, -0.05) is 6.07 Å². The van der Waals surface area contributed by atoms with Crippen molar-refractivity contribution in [3.63, 3.8) is 0 Å². The van der Waals surface area contributed by atoms with Crippen molar-refractivity contribution in [1.29, 1.82) is 5.26 Å². The van der Waals surface area contributed by atoms with E-state index in [4.69, 9.17) is 19.5 Å². The molecule has 106 valence electrons. The number of hydrogen-bond acceptors (Lipinski definition) is 4. The summed E-state index contributed by atoms with van der Waals surface area (Å²) in [6.07, 6.45) is 0. The maximum atomic E-state index is 14.0. The largest absolute Gasteiger partial charge is 0.486 e. The van der Waals surface area contributed by atoms with Crippen molar-refractivity contribution in [1.82, 2.24) is 0 Å². The van der Waals surface area contributed by atoms with Crippen LogP contribution >= 0.6 is 15.9 Å². The van der Waals surface area contributed by atoms with Gasteiger partial charge in [0, 0.05) is 0 Å². The molecule has 1 heterocycles. The van der Waals surface area contributed by atoms with E-state index in [1.807, 2.05) is 12.1 Å². The van der Waals surface area contributed by atoms with Gasteiger partial charge in [0.1, 0.15) is 12.7 Å². The van der Waals surface area contributed by atoms with E-state index in [0.717, 1.165) is 5.56 Å². The predicted octanol–water partition coefficient (Wildman–Crippen LogP) is 3.77. The summed E-state index contributed by atoms with van der Waals surface area (Å²) in [4.78, 5) is 0. The molecule has 0 fully saturated rings. The van der Waals surface area contributed by atoms with Crippen LogP contribution in [0.1, 0.15) is 11.1 Å². The SMILES string of the molecule is N#Cc1ccc(OCc2ccc3c(c2)OCO3)c(F)c1Br. The normalized spacial score (nSPS) is 12.0. The number of benzene rings is 2. The zero-order chi connectivity index (χ0) is 14.8. The third-order valence-corrected chi connectivity index (χ3v) is 3.77. The van der Waals surface area contributed by atoms with Crippen LogP contribution in [0.3, 0.4) is 0 Å². The van der Waals surface area contributed by atoms with Crippen LogP contribution in [0.4, 0.5) is 4.39 Å². The summed E-state index contributed by atoms with van der Waals surface area (Å²) in [6, 6.07) is 10.2. The van der Waals surface area contributed by atoms with Crippen LogP contribution in [0, 0.1) is 17.1 Å². The van der Waals surface area contributed by atoms with Crippen LogP contribution < -0.4 is 14.2 Å². The fourth-order valence-corrected chi connectivity index (χ4v) is 2.34. The van der Waals surface area contributed by atoms with Crippen molar-refractivity contribution in [3.8, 4) is 23.3 Å². The van der Waals surface area contributed by atoms with Gasteiger partial charge in [0.15, 0.2) is 23.1 Å². The average Bonchev–Trinajstić information content (AvgIpc) is 2.96. The van der Waals surface area contributed by atoms with Crippen molar-refractivity contribution >= 4 is 15.9 Å². The second-order valence-corrected chi connectivity index (χ2v) is 5.12. The number of ether oxygens (including phenoxy) is 3. The molecule has 21 heavy (non-hydrogen) atoms. The molecule has 1 aliphatic rings. The molecular weight excluding hydrogens is 341 g/mol. The van der Waals surface area contributed by atoms with Gasteiger partial charge in [0.2, 0.25) is 6.79 Å². The second-order valence-electron chi connectivity index (χ2n) is 4.33. The van der Waals surface area contributed by atoms with Crippen molar-refractivity contribution in [2.45, 2.75) is 6.61 Å². The quantitative estimate of drug-likeness (QED) is 0.846. The molecule has 0 aliphatic carbocycles. The molecule has 0 amide bonds. The zero-order valence-corrected chi connectivity index (χ0v) is 12.3. The third-order valence-electron chi connectivity index (χ3n) is 3.00. The molecule has 6 heteroatoms. The minimum absolute atomic E-state index is 0.0820. The Morgan fingerprint density at radius 1 is 1.24 bits per heavy atom. The van der Waals surface area contributed by atoms with Gasteiger partial charge < -0.3 is 14.2 Å². The molecule has 0 saturated carbocycles. The molecule has 2 aromatic carbocycles. The molecule has 0 bridgehead atoms. The maximum Gasteiger partial charge on any atom is 0.231 e. The van der Waals surface area contributed by atoms with Gasteiger partial charge in [0.25, 0.3) is 0 Å². The fourth-order valence-electron chi connectivity index (χ4n) is 1.92. The van der Waals surface area contributed by atoms with Gasteiger partial charge in [-0.25, -0.2) is 4.39 Å². The molecule has 0 atom stereocenters. The highest BCUT2D eigenvalue weighted by molar-refractivity contribution is 9.10. The van der Waals surface area contributed by atoms with Crippen molar-refractivity contribution in [3.05, 3.63) is 51.7 Å². The Bertz CT molecular complexity index is 742.